The molecule has 0 aromatic rings. The van der Waals surface area contributed by atoms with Crippen molar-refractivity contribution < 1.29 is 43.2 Å². The zero-order valence-corrected chi connectivity index (χ0v) is 21.3. The number of carbonyl (C=O) groups is 4. The van der Waals surface area contributed by atoms with E-state index in [1.165, 1.54) is 13.2 Å². The molecule has 36 heavy (non-hydrogen) atoms. The van der Waals surface area contributed by atoms with Gasteiger partial charge in [-0.3, -0.25) is 19.2 Å². The summed E-state index contributed by atoms with van der Waals surface area (Å²) in [7, 11) is 1.31. The molecule has 10 heteroatoms. The first kappa shape index (κ1) is 26.2. The molecule has 0 saturated carbocycles. The van der Waals surface area contributed by atoms with Crippen LogP contribution in [0, 0.1) is 17.8 Å². The first-order chi connectivity index (χ1) is 16.8. The molecular weight excluding hydrogens is 470 g/mol. The number of methoxy groups -OCH3 is 1. The van der Waals surface area contributed by atoms with Crippen molar-refractivity contribution >= 4 is 23.4 Å². The van der Waals surface area contributed by atoms with Crippen molar-refractivity contribution in [2.24, 2.45) is 17.8 Å². The highest BCUT2D eigenvalue weighted by Gasteiger charge is 2.77. The number of ketones is 2. The number of fused-ring (bicyclic) bond motifs is 3. The van der Waals surface area contributed by atoms with E-state index in [1.807, 2.05) is 26.8 Å². The van der Waals surface area contributed by atoms with Gasteiger partial charge in [0.15, 0.2) is 23.0 Å². The first-order valence-electron chi connectivity index (χ1n) is 12.1. The molecule has 0 aromatic carbocycles. The van der Waals surface area contributed by atoms with Crippen molar-refractivity contribution in [3.63, 3.8) is 0 Å². The number of esters is 1. The molecule has 8 atom stereocenters. The number of hydrogen-bond acceptors (Lipinski definition) is 9. The number of amides is 1. The number of rotatable bonds is 6. The molecule has 2 N–H and O–H groups in total. The minimum absolute atomic E-state index is 0.0864. The van der Waals surface area contributed by atoms with Crippen molar-refractivity contribution in [1.29, 1.82) is 0 Å². The van der Waals surface area contributed by atoms with Crippen molar-refractivity contribution in [3.8, 4) is 0 Å². The number of nitrogens with one attached hydrogen (secondary N) is 1. The Labute approximate surface area is 209 Å². The van der Waals surface area contributed by atoms with Gasteiger partial charge in [-0.1, -0.05) is 31.6 Å². The molecule has 8 unspecified atom stereocenters. The largest absolute Gasteiger partial charge is 0.507 e. The second-order valence-electron chi connectivity index (χ2n) is 10.3. The van der Waals surface area contributed by atoms with Gasteiger partial charge >= 0.3 is 5.97 Å². The Morgan fingerprint density at radius 1 is 1.19 bits per heavy atom. The van der Waals surface area contributed by atoms with Gasteiger partial charge in [-0.15, -0.1) is 0 Å². The lowest BCUT2D eigenvalue weighted by molar-refractivity contribution is -0.359. The Bertz CT molecular complexity index is 1070. The van der Waals surface area contributed by atoms with E-state index in [4.69, 9.17) is 18.9 Å². The average Bonchev–Trinajstić information content (AvgIpc) is 3.46. The predicted molar refractivity (Wildman–Crippen MR) is 125 cm³/mol. The molecule has 4 aliphatic rings. The fraction of sp³-hybridized carbons (Fsp3) is 0.615. The summed E-state index contributed by atoms with van der Waals surface area (Å²) in [4.78, 5) is 48.7. The maximum absolute atomic E-state index is 13.1. The van der Waals surface area contributed by atoms with E-state index in [9.17, 15) is 24.3 Å². The molecule has 4 saturated heterocycles. The van der Waals surface area contributed by atoms with Crippen LogP contribution in [-0.2, 0) is 38.1 Å². The van der Waals surface area contributed by atoms with E-state index < -0.39 is 59.0 Å². The van der Waals surface area contributed by atoms with Crippen LogP contribution in [0.3, 0.4) is 0 Å². The quantitative estimate of drug-likeness (QED) is 0.138. The van der Waals surface area contributed by atoms with Gasteiger partial charge in [0.05, 0.1) is 25.7 Å². The Morgan fingerprint density at radius 2 is 1.89 bits per heavy atom. The molecule has 1 spiro atoms. The van der Waals surface area contributed by atoms with Crippen LogP contribution in [0.25, 0.3) is 0 Å². The average molecular weight is 504 g/mol. The first-order valence-corrected chi connectivity index (χ1v) is 12.1. The monoisotopic (exact) mass is 503 g/mol. The van der Waals surface area contributed by atoms with Gasteiger partial charge in [0.1, 0.15) is 23.5 Å². The van der Waals surface area contributed by atoms with Crippen LogP contribution in [0.1, 0.15) is 41.0 Å². The van der Waals surface area contributed by atoms with Crippen LogP contribution < -0.4 is 5.32 Å². The van der Waals surface area contributed by atoms with Crippen LogP contribution >= 0.6 is 0 Å². The zero-order valence-electron chi connectivity index (χ0n) is 21.3. The predicted octanol–water partition coefficient (Wildman–Crippen LogP) is 1.69. The summed E-state index contributed by atoms with van der Waals surface area (Å²) in [5.74, 6) is -4.17. The van der Waals surface area contributed by atoms with Gasteiger partial charge in [0, 0.05) is 18.3 Å². The van der Waals surface area contributed by atoms with E-state index in [0.717, 1.165) is 5.57 Å². The smallest absolute Gasteiger partial charge is 0.311 e. The lowest BCUT2D eigenvalue weighted by Gasteiger charge is -2.53. The summed E-state index contributed by atoms with van der Waals surface area (Å²) in [6.45, 7) is 9.01. The number of carbonyl (C=O) groups excluding carboxylic acids is 4. The maximum Gasteiger partial charge on any atom is 0.311 e. The molecule has 2 bridgehead atoms. The maximum atomic E-state index is 13.1. The summed E-state index contributed by atoms with van der Waals surface area (Å²) < 4.78 is 23.5. The van der Waals surface area contributed by atoms with Crippen LogP contribution in [0.15, 0.2) is 35.1 Å². The lowest BCUT2D eigenvalue weighted by Crippen LogP contribution is -2.67. The second-order valence-corrected chi connectivity index (χ2v) is 10.3. The number of hydrogen-bond donors (Lipinski definition) is 2. The van der Waals surface area contributed by atoms with Crippen molar-refractivity contribution in [3.05, 3.63) is 35.1 Å². The number of epoxide rings is 1. The third kappa shape index (κ3) is 4.21. The Kier molecular flexibility index (Phi) is 6.74. The Morgan fingerprint density at radius 3 is 2.50 bits per heavy atom. The topological polar surface area (TPSA) is 141 Å². The number of Topliss-reactive ketones (excluding diaryl/α,β-unsaturated/α-hetero) is 2. The van der Waals surface area contributed by atoms with Crippen LogP contribution in [-0.4, -0.2) is 71.9 Å². The highest BCUT2D eigenvalue weighted by atomic mass is 16.8. The minimum atomic E-state index is -1.22. The summed E-state index contributed by atoms with van der Waals surface area (Å²) >= 11 is 0. The molecule has 1 amide bonds. The zero-order chi connectivity index (χ0) is 26.6. The molecule has 4 aliphatic heterocycles. The second kappa shape index (κ2) is 9.24. The number of allylic oxidation sites excluding steroid dienone is 3. The Balaban J connectivity index is 1.53. The normalized spacial score (nSPS) is 39.3. The van der Waals surface area contributed by atoms with E-state index in [2.05, 4.69) is 5.32 Å². The molecule has 0 aromatic heterocycles. The van der Waals surface area contributed by atoms with Crippen LogP contribution in [0.2, 0.25) is 0 Å². The molecule has 4 rings (SSSR count). The van der Waals surface area contributed by atoms with E-state index in [-0.39, 0.29) is 36.2 Å². The number of aliphatic hydroxyl groups excluding tert-OH is 1. The standard InChI is InChI=1S/C26H33NO9/c1-12(7-8-16(28)19-18(30)11-27-23(19)31)9-13(2)20-14(3)21-17(29)10-26(25(5,34-20)35-21)22(36-26)15(4)24(32)33-6/h7-9,13-15,20-22,28H,10-11H2,1-6H3,(H,27,31)/b8-7+,12-9+,19-16+. The minimum Gasteiger partial charge on any atom is -0.507 e. The Hall–Kier alpha value is -2.82. The summed E-state index contributed by atoms with van der Waals surface area (Å²) in [5, 5.41) is 12.6. The van der Waals surface area contributed by atoms with Crippen molar-refractivity contribution in [2.45, 2.75) is 70.7 Å². The summed E-state index contributed by atoms with van der Waals surface area (Å²) in [6.07, 6.45) is 3.33. The number of aliphatic hydroxyl groups is 1. The molecule has 4 heterocycles. The molecule has 0 radical (unpaired) electrons. The van der Waals surface area contributed by atoms with Crippen molar-refractivity contribution in [2.75, 3.05) is 13.7 Å². The third-order valence-electron chi connectivity index (χ3n) is 7.72. The van der Waals surface area contributed by atoms with Gasteiger partial charge in [0.25, 0.3) is 5.91 Å². The van der Waals surface area contributed by atoms with E-state index in [1.54, 1.807) is 19.9 Å². The molecule has 0 aliphatic carbocycles. The SMILES string of the molecule is COC(=O)C(C)C1OC12CC(=O)C1OC2(C)OC(C(C)/C=C(C)/C=C/C(O)=C2/C(=O)CNC2=O)C1C. The van der Waals surface area contributed by atoms with Crippen LogP contribution in [0.5, 0.6) is 0 Å². The highest BCUT2D eigenvalue weighted by molar-refractivity contribution is 6.25. The molecule has 4 fully saturated rings. The lowest BCUT2D eigenvalue weighted by atomic mass is 9.75. The fourth-order valence-corrected chi connectivity index (χ4v) is 5.68. The van der Waals surface area contributed by atoms with E-state index >= 15 is 0 Å². The molecule has 10 nitrogen and oxygen atoms in total. The van der Waals surface area contributed by atoms with E-state index in [0.29, 0.717) is 0 Å². The van der Waals surface area contributed by atoms with Gasteiger partial charge in [-0.05, 0) is 26.8 Å². The fourth-order valence-electron chi connectivity index (χ4n) is 5.68. The van der Waals surface area contributed by atoms with Gasteiger partial charge < -0.3 is 29.4 Å². The summed E-state index contributed by atoms with van der Waals surface area (Å²) in [5.41, 5.74) is -0.547. The van der Waals surface area contributed by atoms with Gasteiger partial charge in [-0.25, -0.2) is 0 Å². The molecule has 196 valence electrons. The van der Waals surface area contributed by atoms with Gasteiger partial charge in [-0.2, -0.15) is 0 Å². The molecular formula is C26H33NO9. The highest BCUT2D eigenvalue weighted by Crippen LogP contribution is 2.59. The summed E-state index contributed by atoms with van der Waals surface area (Å²) in [6, 6.07) is 0. The van der Waals surface area contributed by atoms with Crippen LogP contribution in [0.4, 0.5) is 0 Å². The van der Waals surface area contributed by atoms with Crippen molar-refractivity contribution in [1.82, 2.24) is 5.32 Å². The number of ether oxygens (including phenoxy) is 4. The van der Waals surface area contributed by atoms with Gasteiger partial charge in [0.2, 0.25) is 0 Å². The third-order valence-corrected chi connectivity index (χ3v) is 7.72.